The van der Waals surface area contributed by atoms with Crippen molar-refractivity contribution in [2.75, 3.05) is 0 Å². The molecular formula is C20H13BrF2N2O2. The first-order valence-electron chi connectivity index (χ1n) is 7.90. The van der Waals surface area contributed by atoms with Crippen molar-refractivity contribution < 1.29 is 13.5 Å². The van der Waals surface area contributed by atoms with E-state index in [9.17, 15) is 13.6 Å². The Morgan fingerprint density at radius 1 is 1.19 bits per heavy atom. The minimum absolute atomic E-state index is 0.155. The van der Waals surface area contributed by atoms with Crippen LogP contribution in [0, 0.1) is 29.9 Å². The van der Waals surface area contributed by atoms with Crippen LogP contribution >= 0.6 is 15.9 Å². The van der Waals surface area contributed by atoms with Gasteiger partial charge in [-0.1, -0.05) is 6.07 Å². The number of pyridine rings is 1. The molecule has 3 rings (SSSR count). The Kier molecular flexibility index (Phi) is 5.38. The van der Waals surface area contributed by atoms with Crippen LogP contribution < -0.4 is 10.3 Å². The minimum atomic E-state index is -0.718. The number of benzene rings is 2. The Balaban J connectivity index is 1.95. The summed E-state index contributed by atoms with van der Waals surface area (Å²) in [6, 6.07) is 13.5. The predicted octanol–water partition coefficient (Wildman–Crippen LogP) is 4.64. The van der Waals surface area contributed by atoms with Crippen LogP contribution in [-0.2, 0) is 6.61 Å². The Morgan fingerprint density at radius 2 is 1.96 bits per heavy atom. The standard InChI is InChI=1S/C20H13BrF2N2O2/c1-12-7-18(27-11-14-5-6-15(22)9-17(14)23)19(21)20(26)25(12)16-4-2-3-13(8-16)10-24/h2-9H,11H2,1H3. The molecule has 0 aliphatic heterocycles. The number of hydrogen-bond donors (Lipinski definition) is 0. The van der Waals surface area contributed by atoms with Crippen LogP contribution in [0.3, 0.4) is 0 Å². The summed E-state index contributed by atoms with van der Waals surface area (Å²) in [6.07, 6.45) is 0. The highest BCUT2D eigenvalue weighted by Gasteiger charge is 2.14. The zero-order valence-electron chi connectivity index (χ0n) is 14.2. The van der Waals surface area contributed by atoms with Crippen LogP contribution in [-0.4, -0.2) is 4.57 Å². The fourth-order valence-electron chi connectivity index (χ4n) is 2.62. The SMILES string of the molecule is Cc1cc(OCc2ccc(F)cc2F)c(Br)c(=O)n1-c1cccc(C#N)c1. The van der Waals surface area contributed by atoms with E-state index in [4.69, 9.17) is 10.00 Å². The number of aromatic nitrogens is 1. The molecule has 0 spiro atoms. The lowest BCUT2D eigenvalue weighted by molar-refractivity contribution is 0.296. The molecule has 0 atom stereocenters. The molecule has 0 radical (unpaired) electrons. The van der Waals surface area contributed by atoms with E-state index in [1.165, 1.54) is 10.6 Å². The normalized spacial score (nSPS) is 10.5. The van der Waals surface area contributed by atoms with Crippen molar-refractivity contribution in [3.05, 3.63) is 91.8 Å². The molecule has 3 aromatic rings. The molecule has 0 aliphatic carbocycles. The number of ether oxygens (including phenoxy) is 1. The topological polar surface area (TPSA) is 55.0 Å². The van der Waals surface area contributed by atoms with Crippen LogP contribution in [0.5, 0.6) is 5.75 Å². The van der Waals surface area contributed by atoms with Gasteiger partial charge in [0, 0.05) is 23.4 Å². The maximum Gasteiger partial charge on any atom is 0.273 e. The van der Waals surface area contributed by atoms with E-state index in [2.05, 4.69) is 15.9 Å². The zero-order chi connectivity index (χ0) is 19.6. The minimum Gasteiger partial charge on any atom is -0.487 e. The number of nitrogens with zero attached hydrogens (tertiary/aromatic N) is 2. The van der Waals surface area contributed by atoms with Gasteiger partial charge in [0.2, 0.25) is 0 Å². The van der Waals surface area contributed by atoms with E-state index >= 15 is 0 Å². The average Bonchev–Trinajstić information content (AvgIpc) is 2.65. The molecule has 0 saturated heterocycles. The third kappa shape index (κ3) is 3.91. The van der Waals surface area contributed by atoms with E-state index in [-0.39, 0.29) is 28.0 Å². The van der Waals surface area contributed by atoms with Crippen molar-refractivity contribution in [3.8, 4) is 17.5 Å². The van der Waals surface area contributed by atoms with Gasteiger partial charge in [-0.2, -0.15) is 5.26 Å². The van der Waals surface area contributed by atoms with Crippen LogP contribution in [0.15, 0.2) is 57.8 Å². The summed E-state index contributed by atoms with van der Waals surface area (Å²) in [5, 5.41) is 9.04. The van der Waals surface area contributed by atoms with Gasteiger partial charge in [0.25, 0.3) is 5.56 Å². The lowest BCUT2D eigenvalue weighted by atomic mass is 10.2. The van der Waals surface area contributed by atoms with E-state index in [1.54, 1.807) is 37.3 Å². The van der Waals surface area contributed by atoms with Gasteiger partial charge >= 0.3 is 0 Å². The monoisotopic (exact) mass is 430 g/mol. The number of halogens is 3. The van der Waals surface area contributed by atoms with Gasteiger partial charge in [-0.25, -0.2) is 8.78 Å². The highest BCUT2D eigenvalue weighted by Crippen LogP contribution is 2.25. The average molecular weight is 431 g/mol. The number of rotatable bonds is 4. The molecule has 1 heterocycles. The summed E-state index contributed by atoms with van der Waals surface area (Å²) in [5.74, 6) is -1.14. The molecule has 0 unspecified atom stereocenters. The second-order valence-electron chi connectivity index (χ2n) is 5.79. The molecule has 0 amide bonds. The molecule has 136 valence electrons. The number of aryl methyl sites for hydroxylation is 1. The van der Waals surface area contributed by atoms with Gasteiger partial charge in [0.1, 0.15) is 28.5 Å². The Bertz CT molecular complexity index is 1120. The van der Waals surface area contributed by atoms with Crippen molar-refractivity contribution in [1.29, 1.82) is 5.26 Å². The quantitative estimate of drug-likeness (QED) is 0.605. The molecule has 0 fully saturated rings. The zero-order valence-corrected chi connectivity index (χ0v) is 15.8. The maximum absolute atomic E-state index is 13.7. The van der Waals surface area contributed by atoms with Crippen LogP contribution in [0.2, 0.25) is 0 Å². The van der Waals surface area contributed by atoms with E-state index in [1.807, 2.05) is 6.07 Å². The summed E-state index contributed by atoms with van der Waals surface area (Å²) in [7, 11) is 0. The number of hydrogen-bond acceptors (Lipinski definition) is 3. The molecule has 0 aliphatic rings. The molecule has 27 heavy (non-hydrogen) atoms. The van der Waals surface area contributed by atoms with Crippen LogP contribution in [0.4, 0.5) is 8.78 Å². The summed E-state index contributed by atoms with van der Waals surface area (Å²) in [6.45, 7) is 1.57. The Morgan fingerprint density at radius 3 is 2.67 bits per heavy atom. The van der Waals surface area contributed by atoms with Gasteiger partial charge in [0.15, 0.2) is 0 Å². The van der Waals surface area contributed by atoms with E-state index < -0.39 is 11.6 Å². The van der Waals surface area contributed by atoms with Crippen LogP contribution in [0.1, 0.15) is 16.8 Å². The lowest BCUT2D eigenvalue weighted by Crippen LogP contribution is -2.22. The molecule has 0 bridgehead atoms. The third-order valence-electron chi connectivity index (χ3n) is 3.93. The predicted molar refractivity (Wildman–Crippen MR) is 99.9 cm³/mol. The van der Waals surface area contributed by atoms with Crippen molar-refractivity contribution in [2.24, 2.45) is 0 Å². The molecule has 7 heteroatoms. The maximum atomic E-state index is 13.7. The Labute approximate surface area is 162 Å². The lowest BCUT2D eigenvalue weighted by Gasteiger charge is -2.15. The molecule has 2 aromatic carbocycles. The Hall–Kier alpha value is -2.98. The van der Waals surface area contributed by atoms with Gasteiger partial charge in [-0.3, -0.25) is 9.36 Å². The summed E-state index contributed by atoms with van der Waals surface area (Å²) >= 11 is 3.22. The first-order valence-corrected chi connectivity index (χ1v) is 8.69. The highest BCUT2D eigenvalue weighted by molar-refractivity contribution is 9.10. The first kappa shape index (κ1) is 18.8. The molecule has 4 nitrogen and oxygen atoms in total. The largest absolute Gasteiger partial charge is 0.487 e. The highest BCUT2D eigenvalue weighted by atomic mass is 79.9. The number of nitriles is 1. The van der Waals surface area contributed by atoms with Gasteiger partial charge in [-0.05, 0) is 53.2 Å². The summed E-state index contributed by atoms with van der Waals surface area (Å²) in [5.41, 5.74) is 1.36. The van der Waals surface area contributed by atoms with E-state index in [0.29, 0.717) is 16.9 Å². The fourth-order valence-corrected chi connectivity index (χ4v) is 3.02. The summed E-state index contributed by atoms with van der Waals surface area (Å²) < 4.78 is 33.9. The molecule has 0 saturated carbocycles. The second-order valence-corrected chi connectivity index (χ2v) is 6.58. The van der Waals surface area contributed by atoms with Crippen molar-refractivity contribution in [1.82, 2.24) is 4.57 Å². The van der Waals surface area contributed by atoms with Crippen LogP contribution in [0.25, 0.3) is 5.69 Å². The van der Waals surface area contributed by atoms with Gasteiger partial charge < -0.3 is 4.74 Å². The van der Waals surface area contributed by atoms with Crippen molar-refractivity contribution in [3.63, 3.8) is 0 Å². The van der Waals surface area contributed by atoms with Gasteiger partial charge in [0.05, 0.1) is 17.3 Å². The molecular weight excluding hydrogens is 418 g/mol. The smallest absolute Gasteiger partial charge is 0.273 e. The van der Waals surface area contributed by atoms with Crippen molar-refractivity contribution in [2.45, 2.75) is 13.5 Å². The van der Waals surface area contributed by atoms with Gasteiger partial charge in [-0.15, -0.1) is 0 Å². The third-order valence-corrected chi connectivity index (χ3v) is 4.66. The van der Waals surface area contributed by atoms with Crippen molar-refractivity contribution >= 4 is 15.9 Å². The molecule has 0 N–H and O–H groups in total. The van der Waals surface area contributed by atoms with E-state index in [0.717, 1.165) is 12.1 Å². The summed E-state index contributed by atoms with van der Waals surface area (Å²) in [4.78, 5) is 12.8. The second kappa shape index (κ2) is 7.72. The first-order chi connectivity index (χ1) is 12.9. The fraction of sp³-hybridized carbons (Fsp3) is 0.100. The molecule has 1 aromatic heterocycles.